The van der Waals surface area contributed by atoms with Crippen LogP contribution in [0.4, 0.5) is 24.5 Å². The maximum atomic E-state index is 13.6. The van der Waals surface area contributed by atoms with Gasteiger partial charge in [-0.15, -0.1) is 0 Å². The molecule has 8 nitrogen and oxygen atoms in total. The zero-order chi connectivity index (χ0) is 25.7. The molecule has 1 fully saturated rings. The Bertz CT molecular complexity index is 1140. The highest BCUT2D eigenvalue weighted by Gasteiger charge is 2.37. The number of nitrogens with one attached hydrogen (secondary N) is 2. The molecule has 11 heteroatoms. The number of nitrogens with zero attached hydrogens (tertiary/aromatic N) is 1. The van der Waals surface area contributed by atoms with Crippen LogP contribution in [0.2, 0.25) is 0 Å². The number of rotatable bonds is 8. The summed E-state index contributed by atoms with van der Waals surface area (Å²) in [7, 11) is 0. The lowest BCUT2D eigenvalue weighted by molar-refractivity contribution is -0.158. The molecule has 0 saturated carbocycles. The lowest BCUT2D eigenvalue weighted by Crippen LogP contribution is -2.41. The summed E-state index contributed by atoms with van der Waals surface area (Å²) in [6.07, 6.45) is -0.486. The number of aryl methyl sites for hydroxylation is 1. The Balaban J connectivity index is 1.48. The molecule has 0 aromatic heterocycles. The van der Waals surface area contributed by atoms with Crippen LogP contribution >= 0.6 is 0 Å². The lowest BCUT2D eigenvalue weighted by atomic mass is 10.1. The van der Waals surface area contributed by atoms with E-state index in [2.05, 4.69) is 5.32 Å². The molecule has 0 radical (unpaired) electrons. The van der Waals surface area contributed by atoms with E-state index in [1.165, 1.54) is 11.8 Å². The first-order valence-corrected chi connectivity index (χ1v) is 10.9. The van der Waals surface area contributed by atoms with Crippen LogP contribution in [0.1, 0.15) is 25.8 Å². The molecule has 2 aromatic rings. The van der Waals surface area contributed by atoms with Gasteiger partial charge in [0.2, 0.25) is 11.8 Å². The van der Waals surface area contributed by atoms with Crippen LogP contribution in [-0.2, 0) is 30.3 Å². The van der Waals surface area contributed by atoms with Crippen LogP contribution in [0, 0.1) is 23.4 Å². The average Bonchev–Trinajstić information content (AvgIpc) is 3.24. The van der Waals surface area contributed by atoms with Crippen LogP contribution in [0.25, 0.3) is 0 Å². The van der Waals surface area contributed by atoms with Gasteiger partial charge < -0.3 is 20.3 Å². The quantitative estimate of drug-likeness (QED) is 0.437. The van der Waals surface area contributed by atoms with E-state index in [-0.39, 0.29) is 18.9 Å². The van der Waals surface area contributed by atoms with Gasteiger partial charge in [0, 0.05) is 18.7 Å². The Kier molecular flexibility index (Phi) is 8.10. The molecule has 0 aliphatic carbocycles. The summed E-state index contributed by atoms with van der Waals surface area (Å²) in [5.41, 5.74) is 1.18. The highest BCUT2D eigenvalue weighted by atomic mass is 19.2. The number of hydrogen-bond acceptors (Lipinski definition) is 5. The van der Waals surface area contributed by atoms with Gasteiger partial charge in [0.25, 0.3) is 5.91 Å². The van der Waals surface area contributed by atoms with Gasteiger partial charge in [0.05, 0.1) is 18.2 Å². The van der Waals surface area contributed by atoms with Crippen molar-refractivity contribution in [2.24, 2.45) is 5.92 Å². The lowest BCUT2D eigenvalue weighted by Gasteiger charge is -2.18. The summed E-state index contributed by atoms with van der Waals surface area (Å²) in [5.74, 6) is -8.18. The predicted molar refractivity (Wildman–Crippen MR) is 120 cm³/mol. The molecule has 3 rings (SSSR count). The number of esters is 1. The summed E-state index contributed by atoms with van der Waals surface area (Å²) in [6.45, 7) is 2.78. The third-order valence-corrected chi connectivity index (χ3v) is 5.51. The third kappa shape index (κ3) is 6.17. The monoisotopic (exact) mass is 491 g/mol. The van der Waals surface area contributed by atoms with Gasteiger partial charge in [0.1, 0.15) is 0 Å². The number of halogens is 3. The number of carbonyl (C=O) groups is 4. The first-order valence-electron chi connectivity index (χ1n) is 10.9. The maximum Gasteiger partial charge on any atom is 0.312 e. The van der Waals surface area contributed by atoms with Crippen molar-refractivity contribution in [1.29, 1.82) is 0 Å². The van der Waals surface area contributed by atoms with Crippen molar-refractivity contribution in [2.75, 3.05) is 23.3 Å². The first-order chi connectivity index (χ1) is 16.6. The fourth-order valence-electron chi connectivity index (χ4n) is 3.48. The molecule has 3 amide bonds. The second-order valence-electron chi connectivity index (χ2n) is 7.99. The number of hydrogen-bond donors (Lipinski definition) is 2. The highest BCUT2D eigenvalue weighted by molar-refractivity contribution is 6.00. The molecule has 0 bridgehead atoms. The second kappa shape index (κ2) is 11.0. The average molecular weight is 491 g/mol. The highest BCUT2D eigenvalue weighted by Crippen LogP contribution is 2.26. The molecule has 0 unspecified atom stereocenters. The summed E-state index contributed by atoms with van der Waals surface area (Å²) < 4.78 is 45.0. The standard InChI is InChI=1S/C24H24F3N3O5/c1-3-14-4-6-16(7-5-14)30-12-15(10-20(30)32)24(34)35-13(2)23(33)28-11-19(31)29-18-9-8-17(25)21(26)22(18)27/h4-9,13,15H,3,10-12H2,1-2H3,(H,28,33)(H,29,31)/t13-,15+/m0/s1. The number of benzene rings is 2. The minimum Gasteiger partial charge on any atom is -0.452 e. The van der Waals surface area contributed by atoms with E-state index in [4.69, 9.17) is 4.74 Å². The van der Waals surface area contributed by atoms with Gasteiger partial charge in [0.15, 0.2) is 23.6 Å². The smallest absolute Gasteiger partial charge is 0.312 e. The van der Waals surface area contributed by atoms with E-state index in [0.717, 1.165) is 18.1 Å². The van der Waals surface area contributed by atoms with Gasteiger partial charge in [-0.05, 0) is 43.2 Å². The summed E-state index contributed by atoms with van der Waals surface area (Å²) in [4.78, 5) is 50.5. The van der Waals surface area contributed by atoms with Crippen LogP contribution in [0.15, 0.2) is 36.4 Å². The maximum absolute atomic E-state index is 13.6. The topological polar surface area (TPSA) is 105 Å². The minimum absolute atomic E-state index is 0.0646. The van der Waals surface area contributed by atoms with Crippen LogP contribution < -0.4 is 15.5 Å². The number of amides is 3. The Morgan fingerprint density at radius 3 is 2.43 bits per heavy atom. The summed E-state index contributed by atoms with van der Waals surface area (Å²) in [6, 6.07) is 8.89. The molecule has 35 heavy (non-hydrogen) atoms. The van der Waals surface area contributed by atoms with E-state index in [0.29, 0.717) is 11.8 Å². The van der Waals surface area contributed by atoms with Gasteiger partial charge >= 0.3 is 5.97 Å². The normalized spacial score (nSPS) is 16.1. The van der Waals surface area contributed by atoms with E-state index < -0.39 is 59.5 Å². The van der Waals surface area contributed by atoms with Crippen molar-refractivity contribution < 1.29 is 37.1 Å². The molecule has 1 aliphatic heterocycles. The van der Waals surface area contributed by atoms with Crippen molar-refractivity contribution in [2.45, 2.75) is 32.8 Å². The van der Waals surface area contributed by atoms with Gasteiger partial charge in [-0.25, -0.2) is 13.2 Å². The van der Waals surface area contributed by atoms with Crippen LogP contribution in [-0.4, -0.2) is 42.9 Å². The Morgan fingerprint density at radius 2 is 1.77 bits per heavy atom. The fourth-order valence-corrected chi connectivity index (χ4v) is 3.48. The molecular formula is C24H24F3N3O5. The number of carbonyl (C=O) groups excluding carboxylic acids is 4. The fraction of sp³-hybridized carbons (Fsp3) is 0.333. The van der Waals surface area contributed by atoms with E-state index in [9.17, 15) is 32.3 Å². The van der Waals surface area contributed by atoms with Gasteiger partial charge in [-0.3, -0.25) is 19.2 Å². The largest absolute Gasteiger partial charge is 0.452 e. The van der Waals surface area contributed by atoms with Gasteiger partial charge in [-0.2, -0.15) is 0 Å². The molecule has 2 aromatic carbocycles. The van der Waals surface area contributed by atoms with Crippen molar-refractivity contribution >= 4 is 35.1 Å². The molecule has 0 spiro atoms. The third-order valence-electron chi connectivity index (χ3n) is 5.51. The van der Waals surface area contributed by atoms with Crippen LogP contribution in [0.5, 0.6) is 0 Å². The first kappa shape index (κ1) is 25.7. The molecule has 1 heterocycles. The molecule has 1 aliphatic rings. The molecule has 2 N–H and O–H groups in total. The minimum atomic E-state index is -1.74. The Morgan fingerprint density at radius 1 is 1.09 bits per heavy atom. The van der Waals surface area contributed by atoms with Gasteiger partial charge in [-0.1, -0.05) is 19.1 Å². The number of ether oxygens (including phenoxy) is 1. The van der Waals surface area contributed by atoms with Crippen LogP contribution in [0.3, 0.4) is 0 Å². The van der Waals surface area contributed by atoms with E-state index in [1.54, 1.807) is 12.1 Å². The molecule has 1 saturated heterocycles. The van der Waals surface area contributed by atoms with E-state index in [1.807, 2.05) is 24.4 Å². The Hall–Kier alpha value is -3.89. The second-order valence-corrected chi connectivity index (χ2v) is 7.99. The number of anilines is 2. The molecule has 2 atom stereocenters. The van der Waals surface area contributed by atoms with Crippen molar-refractivity contribution in [3.8, 4) is 0 Å². The predicted octanol–water partition coefficient (Wildman–Crippen LogP) is 2.71. The molecular weight excluding hydrogens is 467 g/mol. The summed E-state index contributed by atoms with van der Waals surface area (Å²) >= 11 is 0. The molecule has 186 valence electrons. The SMILES string of the molecule is CCc1ccc(N2C[C@H](C(=O)O[C@@H](C)C(=O)NCC(=O)Nc3ccc(F)c(F)c3F)CC2=O)cc1. The van der Waals surface area contributed by atoms with Crippen molar-refractivity contribution in [3.05, 3.63) is 59.4 Å². The zero-order valence-corrected chi connectivity index (χ0v) is 19.1. The zero-order valence-electron chi connectivity index (χ0n) is 19.1. The summed E-state index contributed by atoms with van der Waals surface area (Å²) in [5, 5.41) is 4.21. The van der Waals surface area contributed by atoms with Crippen molar-refractivity contribution in [1.82, 2.24) is 5.32 Å². The van der Waals surface area contributed by atoms with Crippen molar-refractivity contribution in [3.63, 3.8) is 0 Å². The van der Waals surface area contributed by atoms with E-state index >= 15 is 0 Å². The Labute approximate surface area is 199 Å².